The molecule has 0 aliphatic heterocycles. The third-order valence-corrected chi connectivity index (χ3v) is 10.4. The summed E-state index contributed by atoms with van der Waals surface area (Å²) in [7, 11) is 0. The van der Waals surface area contributed by atoms with Crippen LogP contribution in [-0.2, 0) is 48.0 Å². The molecule has 5 amide bonds. The third kappa shape index (κ3) is 14.6. The summed E-state index contributed by atoms with van der Waals surface area (Å²) in [6.07, 6.45) is 6.87. The number of para-hydroxylation sites is 2. The SMILES string of the molecule is NC(N)=NCCCC(N)C(=O)NC(Cc1c[nH]c2ccccc12)C(=O)NCC(=O)NC(Cc1c[nH]c2ccccc12)C(=O)NC(CCCN=C(N)N)C(=O)NC(Cc1cnc[nH]1)C(=O)O. The van der Waals surface area contributed by atoms with Crippen LogP contribution in [0.4, 0.5) is 0 Å². The predicted octanol–water partition coefficient (Wildman–Crippen LogP) is -2.03. The van der Waals surface area contributed by atoms with Crippen molar-refractivity contribution in [3.05, 3.63) is 90.3 Å². The van der Waals surface area contributed by atoms with Gasteiger partial charge in [-0.25, -0.2) is 9.78 Å². The van der Waals surface area contributed by atoms with Crippen molar-refractivity contribution < 1.29 is 33.9 Å². The normalized spacial score (nSPS) is 13.4. The molecule has 346 valence electrons. The Kier molecular flexibility index (Phi) is 17.4. The van der Waals surface area contributed by atoms with E-state index >= 15 is 0 Å². The molecular formula is C42H56N16O7. The van der Waals surface area contributed by atoms with E-state index in [0.717, 1.165) is 27.4 Å². The van der Waals surface area contributed by atoms with Crippen LogP contribution in [0.15, 0.2) is 83.4 Å². The van der Waals surface area contributed by atoms with Crippen molar-refractivity contribution in [2.45, 2.75) is 75.2 Å². The van der Waals surface area contributed by atoms with Gasteiger partial charge in [0.2, 0.25) is 29.5 Å². The van der Waals surface area contributed by atoms with Crippen LogP contribution in [0.25, 0.3) is 21.8 Å². The number of nitrogens with two attached hydrogens (primary N) is 5. The first-order valence-corrected chi connectivity index (χ1v) is 20.8. The molecule has 0 saturated heterocycles. The van der Waals surface area contributed by atoms with E-state index in [1.807, 2.05) is 48.5 Å². The van der Waals surface area contributed by atoms with E-state index in [1.165, 1.54) is 12.5 Å². The molecule has 5 unspecified atom stereocenters. The van der Waals surface area contributed by atoms with Crippen molar-refractivity contribution in [2.75, 3.05) is 19.6 Å². The molecule has 3 aromatic heterocycles. The molecule has 5 atom stereocenters. The number of carboxylic acid groups (broad SMARTS) is 1. The fourth-order valence-electron chi connectivity index (χ4n) is 7.06. The van der Waals surface area contributed by atoms with Gasteiger partial charge >= 0.3 is 5.97 Å². The zero-order valence-corrected chi connectivity index (χ0v) is 35.5. The van der Waals surface area contributed by atoms with E-state index in [1.54, 1.807) is 12.4 Å². The Morgan fingerprint density at radius 2 is 1.15 bits per heavy atom. The molecular weight excluding hydrogens is 841 g/mol. The molecule has 2 aromatic carbocycles. The Morgan fingerprint density at radius 3 is 1.71 bits per heavy atom. The van der Waals surface area contributed by atoms with Gasteiger partial charge in [-0.15, -0.1) is 0 Å². The van der Waals surface area contributed by atoms with Gasteiger partial charge in [0.15, 0.2) is 11.9 Å². The summed E-state index contributed by atoms with van der Waals surface area (Å²) < 4.78 is 0. The van der Waals surface area contributed by atoms with Gasteiger partial charge in [-0.3, -0.25) is 34.0 Å². The van der Waals surface area contributed by atoms with Crippen LogP contribution in [0.2, 0.25) is 0 Å². The van der Waals surface area contributed by atoms with Gasteiger partial charge < -0.3 is 75.3 Å². The van der Waals surface area contributed by atoms with Crippen LogP contribution in [0.1, 0.15) is 42.5 Å². The molecule has 0 aliphatic carbocycles. The van der Waals surface area contributed by atoms with E-state index in [0.29, 0.717) is 17.7 Å². The molecule has 19 N–H and O–H groups in total. The minimum atomic E-state index is -1.39. The highest BCUT2D eigenvalue weighted by molar-refractivity contribution is 5.96. The number of nitrogens with one attached hydrogen (secondary N) is 8. The maximum absolute atomic E-state index is 14.2. The average molecular weight is 897 g/mol. The summed E-state index contributed by atoms with van der Waals surface area (Å²) in [5.74, 6) is -5.27. The van der Waals surface area contributed by atoms with Crippen molar-refractivity contribution in [3.8, 4) is 0 Å². The summed E-state index contributed by atoms with van der Waals surface area (Å²) in [4.78, 5) is 102. The van der Waals surface area contributed by atoms with Crippen LogP contribution in [-0.4, -0.2) is 122 Å². The number of hydrogen-bond acceptors (Lipinski definition) is 10. The van der Waals surface area contributed by atoms with Gasteiger partial charge in [0, 0.05) is 78.4 Å². The molecule has 23 heteroatoms. The maximum atomic E-state index is 14.2. The lowest BCUT2D eigenvalue weighted by molar-refractivity contribution is -0.142. The second-order valence-corrected chi connectivity index (χ2v) is 15.3. The fraction of sp³-hybridized carbons (Fsp3) is 0.357. The second kappa shape index (κ2) is 23.5. The molecule has 0 aliphatic rings. The number of benzene rings is 2. The van der Waals surface area contributed by atoms with Crippen LogP contribution >= 0.6 is 0 Å². The zero-order chi connectivity index (χ0) is 46.9. The number of aromatic nitrogens is 4. The van der Waals surface area contributed by atoms with Crippen LogP contribution in [0.5, 0.6) is 0 Å². The Morgan fingerprint density at radius 1 is 0.631 bits per heavy atom. The topological polar surface area (TPSA) is 398 Å². The van der Waals surface area contributed by atoms with E-state index < -0.39 is 72.3 Å². The number of H-pyrrole nitrogens is 3. The first-order chi connectivity index (χ1) is 31.2. The molecule has 0 spiro atoms. The molecule has 65 heavy (non-hydrogen) atoms. The Hall–Kier alpha value is -7.95. The molecule has 5 rings (SSSR count). The number of hydrogen-bond donors (Lipinski definition) is 14. The number of amides is 5. The van der Waals surface area contributed by atoms with Gasteiger partial charge in [0.25, 0.3) is 0 Å². The molecule has 5 aromatic rings. The molecule has 0 bridgehead atoms. The van der Waals surface area contributed by atoms with Gasteiger partial charge in [-0.1, -0.05) is 36.4 Å². The smallest absolute Gasteiger partial charge is 0.326 e. The Bertz CT molecular complexity index is 2470. The van der Waals surface area contributed by atoms with Crippen LogP contribution in [0, 0.1) is 0 Å². The van der Waals surface area contributed by atoms with Gasteiger partial charge in [0.05, 0.1) is 18.9 Å². The van der Waals surface area contributed by atoms with E-state index in [-0.39, 0.29) is 63.5 Å². The maximum Gasteiger partial charge on any atom is 0.326 e. The largest absolute Gasteiger partial charge is 0.480 e. The van der Waals surface area contributed by atoms with Crippen molar-refractivity contribution in [1.82, 2.24) is 46.5 Å². The Labute approximate surface area is 372 Å². The van der Waals surface area contributed by atoms with Crippen molar-refractivity contribution >= 4 is 69.2 Å². The lowest BCUT2D eigenvalue weighted by Gasteiger charge is -2.25. The van der Waals surface area contributed by atoms with Crippen molar-refractivity contribution in [3.63, 3.8) is 0 Å². The molecule has 0 saturated carbocycles. The quantitative estimate of drug-likeness (QED) is 0.0171. The number of aliphatic carboxylic acids is 1. The monoisotopic (exact) mass is 896 g/mol. The predicted molar refractivity (Wildman–Crippen MR) is 242 cm³/mol. The number of nitrogens with zero attached hydrogens (tertiary/aromatic N) is 3. The summed E-state index contributed by atoms with van der Waals surface area (Å²) in [5.41, 5.74) is 31.3. The number of fused-ring (bicyclic) bond motifs is 2. The minimum Gasteiger partial charge on any atom is -0.480 e. The summed E-state index contributed by atoms with van der Waals surface area (Å²) in [6.45, 7) is -0.263. The molecule has 23 nitrogen and oxygen atoms in total. The minimum absolute atomic E-state index is 0.0159. The lowest BCUT2D eigenvalue weighted by atomic mass is 10.0. The van der Waals surface area contributed by atoms with E-state index in [2.05, 4.69) is 56.5 Å². The van der Waals surface area contributed by atoms with Crippen LogP contribution < -0.4 is 55.3 Å². The first-order valence-electron chi connectivity index (χ1n) is 20.8. The number of aromatic amines is 3. The second-order valence-electron chi connectivity index (χ2n) is 15.3. The third-order valence-electron chi connectivity index (χ3n) is 10.4. The highest BCUT2D eigenvalue weighted by Crippen LogP contribution is 2.21. The van der Waals surface area contributed by atoms with E-state index in [4.69, 9.17) is 28.7 Å². The molecule has 0 fully saturated rings. The highest BCUT2D eigenvalue weighted by Gasteiger charge is 2.31. The van der Waals surface area contributed by atoms with Gasteiger partial charge in [-0.2, -0.15) is 0 Å². The Balaban J connectivity index is 1.33. The number of rotatable bonds is 25. The standard InChI is InChI=1S/C42H56N16O7/c43-28(9-5-13-49-41(44)45)36(60)57-32(15-23-18-51-29-10-3-1-7-26(23)29)37(61)53-21-35(59)55-33(16-24-19-52-30-11-4-2-8-27(24)30)39(63)56-31(12-6-14-50-42(46)47)38(62)58-34(40(64)65)17-25-20-48-22-54-25/h1-4,7-8,10-11,18-20,22,28,31-34,51-52H,5-6,9,12-17,21,43H2,(H,48,54)(H,53,61)(H,55,59)(H,56,63)(H,57,60)(H,58,62)(H,64,65)(H4,44,45,49)(H4,46,47,50). The lowest BCUT2D eigenvalue weighted by Crippen LogP contribution is -2.57. The number of aliphatic imine (C=N–C) groups is 2. The van der Waals surface area contributed by atoms with E-state index in [9.17, 15) is 33.9 Å². The summed E-state index contributed by atoms with van der Waals surface area (Å²) >= 11 is 0. The number of imidazole rings is 1. The first kappa shape index (κ1) is 48.1. The van der Waals surface area contributed by atoms with Gasteiger partial charge in [-0.05, 0) is 48.9 Å². The fourth-order valence-corrected chi connectivity index (χ4v) is 7.06. The highest BCUT2D eigenvalue weighted by atomic mass is 16.4. The molecule has 0 radical (unpaired) electrons. The number of carbonyl (C=O) groups excluding carboxylic acids is 5. The number of carbonyl (C=O) groups is 6. The molecule has 3 heterocycles. The summed E-state index contributed by atoms with van der Waals surface area (Å²) in [5, 5.41) is 24.7. The van der Waals surface area contributed by atoms with Gasteiger partial charge in [0.1, 0.15) is 24.2 Å². The number of guanidine groups is 2. The summed E-state index contributed by atoms with van der Waals surface area (Å²) in [6, 6.07) is 8.56. The zero-order valence-electron chi connectivity index (χ0n) is 35.5. The van der Waals surface area contributed by atoms with Crippen molar-refractivity contribution in [1.29, 1.82) is 0 Å². The average Bonchev–Trinajstić information content (AvgIpc) is 4.05. The number of carboxylic acids is 1. The van der Waals surface area contributed by atoms with Crippen LogP contribution in [0.3, 0.4) is 0 Å². The van der Waals surface area contributed by atoms with Crippen molar-refractivity contribution in [2.24, 2.45) is 38.7 Å².